The lowest BCUT2D eigenvalue weighted by atomic mass is 10.2. The first kappa shape index (κ1) is 12.7. The Kier molecular flexibility index (Phi) is 4.99. The van der Waals surface area contributed by atoms with Gasteiger partial charge in [0.2, 0.25) is 0 Å². The topological polar surface area (TPSA) is 29.5 Å². The number of ether oxygens (including phenoxy) is 1. The molecule has 86 valence electrons. The van der Waals surface area contributed by atoms with E-state index in [4.69, 9.17) is 4.74 Å². The van der Waals surface area contributed by atoms with Crippen LogP contribution in [0.25, 0.3) is 4.91 Å². The summed E-state index contributed by atoms with van der Waals surface area (Å²) in [6, 6.07) is 9.41. The van der Waals surface area contributed by atoms with Gasteiger partial charge in [0.05, 0.1) is 11.5 Å². The summed E-state index contributed by atoms with van der Waals surface area (Å²) in [4.78, 5) is 0.474. The van der Waals surface area contributed by atoms with E-state index in [0.29, 0.717) is 11.5 Å². The van der Waals surface area contributed by atoms with Gasteiger partial charge in [0.25, 0.3) is 0 Å². The maximum absolute atomic E-state index is 9.84. The monoisotopic (exact) mass is 236 g/mol. The third-order valence-electron chi connectivity index (χ3n) is 2.02. The van der Waals surface area contributed by atoms with E-state index < -0.39 is 0 Å². The first-order chi connectivity index (χ1) is 7.66. The molecule has 1 aromatic carbocycles. The van der Waals surface area contributed by atoms with Gasteiger partial charge in [-0.05, 0) is 12.0 Å². The molecule has 0 aromatic heterocycles. The summed E-state index contributed by atoms with van der Waals surface area (Å²) in [6.07, 6.45) is 0.875. The van der Waals surface area contributed by atoms with Gasteiger partial charge in [-0.25, -0.2) is 0 Å². The summed E-state index contributed by atoms with van der Waals surface area (Å²) in [7, 11) is 0. The fourth-order valence-electron chi connectivity index (χ4n) is 1.16. The van der Waals surface area contributed by atoms with E-state index >= 15 is 0 Å². The molecule has 0 aliphatic rings. The predicted octanol–water partition coefficient (Wildman–Crippen LogP) is 3.78. The lowest BCUT2D eigenvalue weighted by Crippen LogP contribution is -1.97. The van der Waals surface area contributed by atoms with Crippen LogP contribution in [0.2, 0.25) is 0 Å². The molecule has 0 atom stereocenters. The zero-order chi connectivity index (χ0) is 12.0. The fraction of sp³-hybridized carbons (Fsp3) is 0.231. The Labute approximate surface area is 102 Å². The van der Waals surface area contributed by atoms with Gasteiger partial charge in [0.1, 0.15) is 0 Å². The van der Waals surface area contributed by atoms with Gasteiger partial charge in [-0.1, -0.05) is 43.8 Å². The molecule has 0 heterocycles. The molecule has 3 heteroatoms. The number of rotatable bonds is 5. The maximum Gasteiger partial charge on any atom is 0.171 e. The first-order valence-electron chi connectivity index (χ1n) is 5.16. The number of thiol groups is 1. The van der Waals surface area contributed by atoms with Gasteiger partial charge in [0.15, 0.2) is 11.5 Å². The van der Waals surface area contributed by atoms with Crippen LogP contribution in [-0.4, -0.2) is 11.7 Å². The molecule has 1 aromatic rings. The molecule has 0 amide bonds. The van der Waals surface area contributed by atoms with E-state index in [1.165, 1.54) is 0 Å². The summed E-state index contributed by atoms with van der Waals surface area (Å²) < 4.78 is 5.24. The van der Waals surface area contributed by atoms with Crippen molar-refractivity contribution in [2.75, 3.05) is 6.61 Å². The van der Waals surface area contributed by atoms with E-state index in [1.807, 2.05) is 37.3 Å². The first-order valence-corrected chi connectivity index (χ1v) is 5.61. The molecule has 2 nitrogen and oxygen atoms in total. The SMILES string of the molecule is C=C(OCCC)/C(O)=C(\S)c1ccccc1. The second-order valence-electron chi connectivity index (χ2n) is 3.33. The van der Waals surface area contributed by atoms with Crippen molar-refractivity contribution in [3.05, 3.63) is 54.0 Å². The van der Waals surface area contributed by atoms with Crippen LogP contribution < -0.4 is 0 Å². The van der Waals surface area contributed by atoms with Crippen molar-refractivity contribution in [1.29, 1.82) is 0 Å². The maximum atomic E-state index is 9.84. The Morgan fingerprint density at radius 3 is 2.56 bits per heavy atom. The number of hydrogen-bond acceptors (Lipinski definition) is 3. The third-order valence-corrected chi connectivity index (χ3v) is 2.49. The van der Waals surface area contributed by atoms with Crippen molar-refractivity contribution in [2.45, 2.75) is 13.3 Å². The van der Waals surface area contributed by atoms with E-state index in [0.717, 1.165) is 12.0 Å². The average molecular weight is 236 g/mol. The average Bonchev–Trinajstić information content (AvgIpc) is 2.35. The van der Waals surface area contributed by atoms with E-state index in [2.05, 4.69) is 19.2 Å². The normalized spacial score (nSPS) is 11.9. The second kappa shape index (κ2) is 6.28. The van der Waals surface area contributed by atoms with Gasteiger partial charge in [0, 0.05) is 0 Å². The highest BCUT2D eigenvalue weighted by atomic mass is 32.1. The minimum absolute atomic E-state index is 0.0111. The molecule has 0 unspecified atom stereocenters. The minimum Gasteiger partial charge on any atom is -0.503 e. The smallest absolute Gasteiger partial charge is 0.171 e. The molecule has 0 fully saturated rings. The van der Waals surface area contributed by atoms with Crippen LogP contribution in [-0.2, 0) is 4.74 Å². The molecule has 0 bridgehead atoms. The van der Waals surface area contributed by atoms with Crippen molar-refractivity contribution < 1.29 is 9.84 Å². The molecule has 0 saturated carbocycles. The van der Waals surface area contributed by atoms with Gasteiger partial charge in [-0.15, -0.1) is 12.6 Å². The number of hydrogen-bond donors (Lipinski definition) is 2. The van der Waals surface area contributed by atoms with Gasteiger partial charge in [-0.2, -0.15) is 0 Å². The zero-order valence-electron chi connectivity index (χ0n) is 9.31. The summed E-state index contributed by atoms with van der Waals surface area (Å²) in [5, 5.41) is 9.84. The fourth-order valence-corrected chi connectivity index (χ4v) is 1.43. The number of aliphatic hydroxyl groups excluding tert-OH is 1. The largest absolute Gasteiger partial charge is 0.503 e. The van der Waals surface area contributed by atoms with Crippen molar-refractivity contribution >= 4 is 17.5 Å². The van der Waals surface area contributed by atoms with Gasteiger partial charge < -0.3 is 9.84 Å². The van der Waals surface area contributed by atoms with Crippen molar-refractivity contribution in [1.82, 2.24) is 0 Å². The van der Waals surface area contributed by atoms with E-state index in [-0.39, 0.29) is 11.5 Å². The predicted molar refractivity (Wildman–Crippen MR) is 70.4 cm³/mol. The Balaban J connectivity index is 2.84. The molecule has 0 radical (unpaired) electrons. The quantitative estimate of drug-likeness (QED) is 0.463. The number of aliphatic hydroxyl groups is 1. The van der Waals surface area contributed by atoms with Crippen LogP contribution in [0.4, 0.5) is 0 Å². The number of benzene rings is 1. The highest BCUT2D eigenvalue weighted by molar-refractivity contribution is 7.90. The molecular weight excluding hydrogens is 220 g/mol. The summed E-state index contributed by atoms with van der Waals surface area (Å²) >= 11 is 4.26. The van der Waals surface area contributed by atoms with Crippen molar-refractivity contribution in [3.63, 3.8) is 0 Å². The molecular formula is C13H16O2S. The molecule has 0 saturated heterocycles. The van der Waals surface area contributed by atoms with E-state index in [1.54, 1.807) is 0 Å². The van der Waals surface area contributed by atoms with Crippen LogP contribution in [0.15, 0.2) is 48.4 Å². The molecule has 16 heavy (non-hydrogen) atoms. The Hall–Kier alpha value is -1.35. The van der Waals surface area contributed by atoms with E-state index in [9.17, 15) is 5.11 Å². The van der Waals surface area contributed by atoms with Gasteiger partial charge in [-0.3, -0.25) is 0 Å². The highest BCUT2D eigenvalue weighted by Crippen LogP contribution is 2.24. The summed E-state index contributed by atoms with van der Waals surface area (Å²) in [5.74, 6) is 0.249. The Morgan fingerprint density at radius 2 is 2.00 bits per heavy atom. The molecule has 0 spiro atoms. The molecule has 1 rings (SSSR count). The van der Waals surface area contributed by atoms with Crippen LogP contribution in [0.3, 0.4) is 0 Å². The van der Waals surface area contributed by atoms with Crippen molar-refractivity contribution in [2.24, 2.45) is 0 Å². The van der Waals surface area contributed by atoms with Crippen LogP contribution in [0.5, 0.6) is 0 Å². The Bertz CT molecular complexity index is 382. The van der Waals surface area contributed by atoms with Crippen LogP contribution in [0.1, 0.15) is 18.9 Å². The highest BCUT2D eigenvalue weighted by Gasteiger charge is 2.08. The van der Waals surface area contributed by atoms with Crippen molar-refractivity contribution in [3.8, 4) is 0 Å². The Morgan fingerprint density at radius 1 is 1.38 bits per heavy atom. The lowest BCUT2D eigenvalue weighted by Gasteiger charge is -2.09. The molecule has 0 aliphatic carbocycles. The summed E-state index contributed by atoms with van der Waals surface area (Å²) in [5.41, 5.74) is 0.838. The lowest BCUT2D eigenvalue weighted by molar-refractivity contribution is 0.197. The molecule has 0 aliphatic heterocycles. The second-order valence-corrected chi connectivity index (χ2v) is 3.78. The van der Waals surface area contributed by atoms with Gasteiger partial charge >= 0.3 is 0 Å². The standard InChI is InChI=1S/C13H16O2S/c1-3-9-15-10(2)12(14)13(16)11-7-5-4-6-8-11/h4-8,14,16H,2-3,9H2,1H3/b13-12+. The third kappa shape index (κ3) is 3.35. The van der Waals surface area contributed by atoms with Crippen LogP contribution >= 0.6 is 12.6 Å². The van der Waals surface area contributed by atoms with Crippen LogP contribution in [0, 0.1) is 0 Å². The molecule has 1 N–H and O–H groups in total. The zero-order valence-corrected chi connectivity index (χ0v) is 10.2. The minimum atomic E-state index is -0.0111. The summed E-state index contributed by atoms with van der Waals surface area (Å²) in [6.45, 7) is 6.19.